The Kier molecular flexibility index (Phi) is 18.6. The Balaban J connectivity index is 2.44. The second kappa shape index (κ2) is 21.8. The number of ether oxygens (including phenoxy) is 2. The fourth-order valence-corrected chi connectivity index (χ4v) is 6.56. The van der Waals surface area contributed by atoms with Crippen molar-refractivity contribution in [3.8, 4) is 0 Å². The number of phosphoric ester groups is 1. The first kappa shape index (κ1) is 40.1. The molecule has 0 aromatic carbocycles. The Morgan fingerprint density at radius 3 is 2.43 bits per heavy atom. The molecule has 0 aromatic heterocycles. The zero-order chi connectivity index (χ0) is 34.5. The number of amides is 1. The molecule has 1 heterocycles. The molecule has 1 fully saturated rings. The largest absolute Gasteiger partial charge is 0.475 e. The lowest BCUT2D eigenvalue weighted by atomic mass is 9.86. The zero-order valence-corrected chi connectivity index (χ0v) is 28.3. The summed E-state index contributed by atoms with van der Waals surface area (Å²) in [5, 5.41) is 25.9. The molecule has 3 N–H and O–H groups in total. The summed E-state index contributed by atoms with van der Waals surface area (Å²) in [7, 11) is -4.37. The summed E-state index contributed by atoms with van der Waals surface area (Å²) in [4.78, 5) is 24.2. The van der Waals surface area contributed by atoms with Gasteiger partial charge in [-0.25, -0.2) is 14.2 Å². The molecule has 5 atom stereocenters. The summed E-state index contributed by atoms with van der Waals surface area (Å²) < 4.78 is 41.0. The molecule has 1 aliphatic heterocycles. The average molecular weight is 678 g/mol. The molecule has 0 unspecified atom stereocenters. The molecule has 2 rings (SSSR count). The van der Waals surface area contributed by atoms with Crippen molar-refractivity contribution >= 4 is 19.9 Å². The van der Waals surface area contributed by atoms with E-state index in [1.807, 2.05) is 13.0 Å². The van der Waals surface area contributed by atoms with Crippen LogP contribution in [0.1, 0.15) is 58.3 Å². The highest BCUT2D eigenvalue weighted by Crippen LogP contribution is 2.52. The van der Waals surface area contributed by atoms with Gasteiger partial charge in [-0.3, -0.25) is 13.6 Å². The SMILES string of the molecule is C=CCOC(=O)NCC[C@@](O)(/C=C/[C@@H]1OC(=O)C=C[C@@H]1CC)[C@@H](C[C@@H](O)/C=C\C=C/C1CCCCC1)OP(=O)(OCC=C)OCC=C. The Morgan fingerprint density at radius 2 is 1.79 bits per heavy atom. The van der Waals surface area contributed by atoms with Gasteiger partial charge in [0.1, 0.15) is 24.4 Å². The molecule has 2 aliphatic rings. The zero-order valence-electron chi connectivity index (χ0n) is 27.5. The number of aliphatic hydroxyl groups excluding tert-OH is 1. The van der Waals surface area contributed by atoms with Gasteiger partial charge in [-0.2, -0.15) is 0 Å². The topological polar surface area (TPSA) is 150 Å². The van der Waals surface area contributed by atoms with Gasteiger partial charge in [-0.15, -0.1) is 13.2 Å². The fraction of sp³-hybridized carbons (Fsp3) is 0.543. The van der Waals surface area contributed by atoms with Crippen molar-refractivity contribution < 1.29 is 47.4 Å². The van der Waals surface area contributed by atoms with Gasteiger partial charge >= 0.3 is 19.9 Å². The second-order valence-electron chi connectivity index (χ2n) is 11.4. The Labute approximate surface area is 279 Å². The van der Waals surface area contributed by atoms with Gasteiger partial charge in [0.25, 0.3) is 0 Å². The number of aliphatic hydroxyl groups is 2. The van der Waals surface area contributed by atoms with E-state index in [-0.39, 0.29) is 45.1 Å². The number of carbonyl (C=O) groups excluding carboxylic acids is 2. The number of hydrogen-bond donors (Lipinski definition) is 3. The van der Waals surface area contributed by atoms with Crippen LogP contribution >= 0.6 is 7.82 Å². The first-order valence-electron chi connectivity index (χ1n) is 16.2. The lowest BCUT2D eigenvalue weighted by Crippen LogP contribution is -2.46. The van der Waals surface area contributed by atoms with E-state index in [0.29, 0.717) is 12.3 Å². The first-order valence-corrected chi connectivity index (χ1v) is 17.7. The molecule has 262 valence electrons. The fourth-order valence-electron chi connectivity index (χ4n) is 5.20. The molecule has 0 radical (unpaired) electrons. The second-order valence-corrected chi connectivity index (χ2v) is 13.0. The van der Waals surface area contributed by atoms with Gasteiger partial charge in [0, 0.05) is 25.0 Å². The van der Waals surface area contributed by atoms with E-state index in [4.69, 9.17) is 23.0 Å². The van der Waals surface area contributed by atoms with Gasteiger partial charge in [0.2, 0.25) is 0 Å². The van der Waals surface area contributed by atoms with Gasteiger partial charge in [-0.05, 0) is 37.7 Å². The summed E-state index contributed by atoms with van der Waals surface area (Å²) >= 11 is 0. The molecular formula is C35H52NO10P. The van der Waals surface area contributed by atoms with Crippen LogP contribution < -0.4 is 5.32 Å². The number of carbonyl (C=O) groups is 2. The van der Waals surface area contributed by atoms with Crippen LogP contribution in [0.25, 0.3) is 0 Å². The van der Waals surface area contributed by atoms with Crippen LogP contribution in [0.4, 0.5) is 4.79 Å². The van der Waals surface area contributed by atoms with Crippen molar-refractivity contribution in [1.29, 1.82) is 0 Å². The minimum Gasteiger partial charge on any atom is -0.454 e. The number of esters is 1. The molecule has 1 amide bonds. The van der Waals surface area contributed by atoms with Gasteiger partial charge in [-0.1, -0.05) is 87.4 Å². The average Bonchev–Trinajstić information content (AvgIpc) is 3.07. The molecule has 0 saturated heterocycles. The van der Waals surface area contributed by atoms with E-state index < -0.39 is 43.8 Å². The number of allylic oxidation sites excluding steroid dienone is 3. The summed E-state index contributed by atoms with van der Waals surface area (Å²) in [6.07, 6.45) is 19.5. The predicted octanol–water partition coefficient (Wildman–Crippen LogP) is 6.43. The highest BCUT2D eigenvalue weighted by Gasteiger charge is 2.43. The highest BCUT2D eigenvalue weighted by atomic mass is 31.2. The van der Waals surface area contributed by atoms with Crippen LogP contribution in [0, 0.1) is 11.8 Å². The molecular weight excluding hydrogens is 625 g/mol. The van der Waals surface area contributed by atoms with Crippen molar-refractivity contribution in [3.05, 3.63) is 86.6 Å². The molecule has 0 aromatic rings. The third-order valence-electron chi connectivity index (χ3n) is 7.77. The highest BCUT2D eigenvalue weighted by molar-refractivity contribution is 7.48. The minimum absolute atomic E-state index is 0.0150. The molecule has 0 bridgehead atoms. The lowest BCUT2D eigenvalue weighted by molar-refractivity contribution is -0.143. The van der Waals surface area contributed by atoms with Crippen molar-refractivity contribution in [2.45, 2.75) is 82.2 Å². The van der Waals surface area contributed by atoms with Crippen LogP contribution in [0.5, 0.6) is 0 Å². The van der Waals surface area contributed by atoms with Crippen molar-refractivity contribution in [3.63, 3.8) is 0 Å². The van der Waals surface area contributed by atoms with Crippen LogP contribution in [0.15, 0.2) is 86.6 Å². The van der Waals surface area contributed by atoms with E-state index in [1.165, 1.54) is 55.7 Å². The smallest absolute Gasteiger partial charge is 0.454 e. The predicted molar refractivity (Wildman–Crippen MR) is 181 cm³/mol. The minimum atomic E-state index is -4.37. The maximum absolute atomic E-state index is 13.8. The normalized spacial score (nSPS) is 21.7. The van der Waals surface area contributed by atoms with Crippen molar-refractivity contribution in [1.82, 2.24) is 5.32 Å². The molecule has 1 saturated carbocycles. The summed E-state index contributed by atoms with van der Waals surface area (Å²) in [5.74, 6) is -0.204. The lowest BCUT2D eigenvalue weighted by Gasteiger charge is -2.36. The maximum Gasteiger partial charge on any atom is 0.475 e. The van der Waals surface area contributed by atoms with E-state index in [2.05, 4.69) is 31.1 Å². The van der Waals surface area contributed by atoms with Crippen LogP contribution in [-0.4, -0.2) is 72.6 Å². The van der Waals surface area contributed by atoms with Crippen LogP contribution in [0.2, 0.25) is 0 Å². The molecule has 11 nitrogen and oxygen atoms in total. The summed E-state index contributed by atoms with van der Waals surface area (Å²) in [6.45, 7) is 12.1. The number of phosphoric acid groups is 1. The van der Waals surface area contributed by atoms with Gasteiger partial charge in [0.15, 0.2) is 0 Å². The third kappa shape index (κ3) is 15.1. The number of hydrogen-bond acceptors (Lipinski definition) is 10. The molecule has 0 spiro atoms. The first-order chi connectivity index (χ1) is 22.6. The van der Waals surface area contributed by atoms with Crippen LogP contribution in [-0.2, 0) is 32.4 Å². The monoisotopic (exact) mass is 677 g/mol. The van der Waals surface area contributed by atoms with E-state index in [9.17, 15) is 24.4 Å². The van der Waals surface area contributed by atoms with Gasteiger partial charge in [0.05, 0.1) is 19.3 Å². The number of rotatable bonds is 22. The molecule has 47 heavy (non-hydrogen) atoms. The van der Waals surface area contributed by atoms with E-state index in [0.717, 1.165) is 12.8 Å². The molecule has 12 heteroatoms. The van der Waals surface area contributed by atoms with Gasteiger partial charge < -0.3 is 25.0 Å². The third-order valence-corrected chi connectivity index (χ3v) is 9.22. The molecule has 1 aliphatic carbocycles. The van der Waals surface area contributed by atoms with Crippen LogP contribution in [0.3, 0.4) is 0 Å². The summed E-state index contributed by atoms with van der Waals surface area (Å²) in [5.41, 5.74) is -2.00. The van der Waals surface area contributed by atoms with Crippen molar-refractivity contribution in [2.75, 3.05) is 26.4 Å². The Morgan fingerprint density at radius 1 is 1.11 bits per heavy atom. The number of cyclic esters (lactones) is 1. The van der Waals surface area contributed by atoms with E-state index in [1.54, 1.807) is 18.2 Å². The number of alkyl carbamates (subject to hydrolysis) is 1. The van der Waals surface area contributed by atoms with E-state index >= 15 is 0 Å². The Bertz CT molecular complexity index is 1160. The maximum atomic E-state index is 13.8. The number of nitrogens with one attached hydrogen (secondary N) is 1. The summed E-state index contributed by atoms with van der Waals surface area (Å²) in [6, 6.07) is 0. The standard InChI is InChI=1S/C35H52NO10P/c1-5-24-42-34(39)36-23-22-35(40,21-20-31-29(8-4)18-19-33(38)45-31)32(46-47(41,43-25-6-2)44-26-7-3)27-30(37)17-13-12-16-28-14-10-9-11-15-28/h5-7,12-13,16-21,28-32,37,40H,1-3,8-11,14-15,22-27H2,4H3,(H,36,39)/b16-12-,17-13-,21-20+/t29-,30-,31-,32+,35-/m0/s1. The Hall–Kier alpha value is -3.05. The quantitative estimate of drug-likeness (QED) is 0.0507. The van der Waals surface area contributed by atoms with Crippen molar-refractivity contribution in [2.24, 2.45) is 11.8 Å².